The molecule has 0 radical (unpaired) electrons. The van der Waals surface area contributed by atoms with E-state index in [-0.39, 0.29) is 4.34 Å². The van der Waals surface area contributed by atoms with Gasteiger partial charge in [0.05, 0.1) is 10.6 Å². The number of sulfone groups is 1. The van der Waals surface area contributed by atoms with Crippen LogP contribution in [0.1, 0.15) is 29.7 Å². The smallest absolute Gasteiger partial charge is 0.301 e. The second kappa shape index (κ2) is 8.87. The molecule has 1 aromatic heterocycles. The summed E-state index contributed by atoms with van der Waals surface area (Å²) in [6.07, 6.45) is 0.129. The van der Waals surface area contributed by atoms with E-state index in [4.69, 9.17) is 4.84 Å². The summed E-state index contributed by atoms with van der Waals surface area (Å²) >= 11 is 0.841. The molecular formula is C18H17F3N2O3S2. The summed E-state index contributed by atoms with van der Waals surface area (Å²) in [6, 6.07) is 9.06. The average molecular weight is 430 g/mol. The van der Waals surface area contributed by atoms with Crippen LogP contribution in [-0.4, -0.2) is 31.5 Å². The Balaban J connectivity index is 1.82. The quantitative estimate of drug-likeness (QED) is 0.432. The van der Waals surface area contributed by atoms with Crippen LogP contribution in [0.5, 0.6) is 0 Å². The van der Waals surface area contributed by atoms with E-state index >= 15 is 0 Å². The van der Waals surface area contributed by atoms with Crippen LogP contribution in [0, 0.1) is 5.92 Å². The minimum atomic E-state index is -4.00. The number of oxime groups is 1. The van der Waals surface area contributed by atoms with Gasteiger partial charge in [0.2, 0.25) is 14.2 Å². The number of thiazole rings is 1. The third-order valence-electron chi connectivity index (χ3n) is 3.99. The van der Waals surface area contributed by atoms with Crippen molar-refractivity contribution in [3.63, 3.8) is 0 Å². The predicted molar refractivity (Wildman–Crippen MR) is 99.9 cm³/mol. The van der Waals surface area contributed by atoms with E-state index in [1.54, 1.807) is 12.1 Å². The first kappa shape index (κ1) is 20.5. The molecule has 0 spiro atoms. The van der Waals surface area contributed by atoms with E-state index in [0.29, 0.717) is 23.1 Å². The van der Waals surface area contributed by atoms with Crippen molar-refractivity contribution in [1.29, 1.82) is 0 Å². The highest BCUT2D eigenvalue weighted by Crippen LogP contribution is 2.29. The molecule has 0 bridgehead atoms. The van der Waals surface area contributed by atoms with E-state index < -0.39 is 33.9 Å². The Morgan fingerprint density at radius 1 is 1.21 bits per heavy atom. The number of hydrogen-bond donors (Lipinski definition) is 0. The minimum Gasteiger partial charge on any atom is -0.395 e. The highest BCUT2D eigenvalue weighted by Gasteiger charge is 2.24. The summed E-state index contributed by atoms with van der Waals surface area (Å²) in [5, 5.41) is 4.16. The fourth-order valence-electron chi connectivity index (χ4n) is 2.24. The van der Waals surface area contributed by atoms with Crippen molar-refractivity contribution in [2.75, 3.05) is 12.4 Å². The van der Waals surface area contributed by atoms with Gasteiger partial charge in [-0.3, -0.25) is 0 Å². The lowest BCUT2D eigenvalue weighted by molar-refractivity contribution is 0.134. The van der Waals surface area contributed by atoms with Crippen LogP contribution < -0.4 is 0 Å². The number of aromatic nitrogens is 1. The van der Waals surface area contributed by atoms with Crippen molar-refractivity contribution in [1.82, 2.24) is 4.98 Å². The largest absolute Gasteiger partial charge is 0.395 e. The molecule has 0 aliphatic heterocycles. The lowest BCUT2D eigenvalue weighted by Gasteiger charge is -2.04. The molecule has 10 heteroatoms. The van der Waals surface area contributed by atoms with Crippen LogP contribution in [0.2, 0.25) is 0 Å². The second-order valence-electron chi connectivity index (χ2n) is 6.27. The van der Waals surface area contributed by atoms with Gasteiger partial charge >= 0.3 is 6.08 Å². The zero-order valence-electron chi connectivity index (χ0n) is 14.6. The Kier molecular flexibility index (Phi) is 6.50. The van der Waals surface area contributed by atoms with Gasteiger partial charge in [-0.1, -0.05) is 35.5 Å². The van der Waals surface area contributed by atoms with Crippen LogP contribution >= 0.6 is 11.3 Å². The standard InChI is InChI=1S/C18H17F3N2O3S2/c19-14(17(20)21)8-9-28(24,25)18-22-10-15(27-18)16(13-4-2-1-3-5-13)23-26-11-12-6-7-12/h1-5,10,12H,6-9,11H2/b23-16+. The highest BCUT2D eigenvalue weighted by atomic mass is 32.2. The van der Waals surface area contributed by atoms with E-state index in [0.717, 1.165) is 29.7 Å². The molecule has 28 heavy (non-hydrogen) atoms. The first-order valence-electron chi connectivity index (χ1n) is 8.51. The van der Waals surface area contributed by atoms with Gasteiger partial charge in [-0.25, -0.2) is 17.8 Å². The molecule has 3 rings (SSSR count). The molecule has 0 amide bonds. The monoisotopic (exact) mass is 430 g/mol. The summed E-state index contributed by atoms with van der Waals surface area (Å²) in [4.78, 5) is 9.74. The minimum absolute atomic E-state index is 0.277. The summed E-state index contributed by atoms with van der Waals surface area (Å²) in [6.45, 7) is 0.487. The topological polar surface area (TPSA) is 68.6 Å². The van der Waals surface area contributed by atoms with Gasteiger partial charge in [0, 0.05) is 18.2 Å². The molecule has 1 heterocycles. The Hall–Kier alpha value is -2.20. The Labute approximate surface area is 164 Å². The van der Waals surface area contributed by atoms with Crippen LogP contribution in [0.25, 0.3) is 0 Å². The molecule has 1 fully saturated rings. The molecule has 1 aliphatic rings. The van der Waals surface area contributed by atoms with Crippen LogP contribution in [-0.2, 0) is 14.7 Å². The van der Waals surface area contributed by atoms with Crippen LogP contribution in [0.4, 0.5) is 13.2 Å². The van der Waals surface area contributed by atoms with Crippen molar-refractivity contribution in [2.24, 2.45) is 11.1 Å². The van der Waals surface area contributed by atoms with Crippen LogP contribution in [0.15, 0.2) is 57.9 Å². The Morgan fingerprint density at radius 3 is 2.57 bits per heavy atom. The molecule has 0 atom stereocenters. The second-order valence-corrected chi connectivity index (χ2v) is 9.58. The maximum absolute atomic E-state index is 12.9. The summed E-state index contributed by atoms with van der Waals surface area (Å²) in [5.74, 6) is -2.03. The Bertz CT molecular complexity index is 981. The molecular weight excluding hydrogens is 413 g/mol. The van der Waals surface area contributed by atoms with Gasteiger partial charge in [0.15, 0.2) is 5.83 Å². The Morgan fingerprint density at radius 2 is 1.93 bits per heavy atom. The first-order chi connectivity index (χ1) is 13.4. The molecule has 2 aromatic rings. The number of rotatable bonds is 9. The van der Waals surface area contributed by atoms with Crippen LogP contribution in [0.3, 0.4) is 0 Å². The normalized spacial score (nSPS) is 14.8. The number of hydrogen-bond acceptors (Lipinski definition) is 6. The fourth-order valence-corrected chi connectivity index (χ4v) is 4.76. The summed E-state index contributed by atoms with van der Waals surface area (Å²) in [5.41, 5.74) is 1.15. The number of allylic oxidation sites excluding steroid dienone is 1. The summed E-state index contributed by atoms with van der Waals surface area (Å²) in [7, 11) is -4.00. The highest BCUT2D eigenvalue weighted by molar-refractivity contribution is 7.93. The van der Waals surface area contributed by atoms with Gasteiger partial charge in [0.25, 0.3) is 0 Å². The number of benzene rings is 1. The average Bonchev–Trinajstić information content (AvgIpc) is 3.37. The number of halogens is 3. The first-order valence-corrected chi connectivity index (χ1v) is 11.0. The van der Waals surface area contributed by atoms with Crippen molar-refractivity contribution >= 4 is 26.9 Å². The zero-order chi connectivity index (χ0) is 20.1. The molecule has 1 aromatic carbocycles. The maximum atomic E-state index is 12.9. The van der Waals surface area contributed by atoms with E-state index in [1.165, 1.54) is 6.20 Å². The number of nitrogens with zero attached hydrogens (tertiary/aromatic N) is 2. The molecule has 5 nitrogen and oxygen atoms in total. The summed E-state index contributed by atoms with van der Waals surface area (Å²) < 4.78 is 61.5. The van der Waals surface area contributed by atoms with Gasteiger partial charge in [-0.15, -0.1) is 11.3 Å². The zero-order valence-corrected chi connectivity index (χ0v) is 16.3. The van der Waals surface area contributed by atoms with E-state index in [2.05, 4.69) is 10.1 Å². The lowest BCUT2D eigenvalue weighted by Crippen LogP contribution is -2.06. The third kappa shape index (κ3) is 5.41. The molecule has 150 valence electrons. The molecule has 1 saturated carbocycles. The maximum Gasteiger partial charge on any atom is 0.301 e. The van der Waals surface area contributed by atoms with Crippen molar-refractivity contribution in [3.05, 3.63) is 58.9 Å². The van der Waals surface area contributed by atoms with Gasteiger partial charge < -0.3 is 4.84 Å². The SMILES string of the molecule is O=S(=O)(CCC(F)=C(F)F)c1ncc(/C(=N/OCC2CC2)c2ccccc2)s1. The predicted octanol–water partition coefficient (Wildman–Crippen LogP) is 4.56. The molecule has 0 N–H and O–H groups in total. The van der Waals surface area contributed by atoms with E-state index in [9.17, 15) is 21.6 Å². The lowest BCUT2D eigenvalue weighted by atomic mass is 10.1. The molecule has 0 saturated heterocycles. The van der Waals surface area contributed by atoms with Gasteiger partial charge in [-0.05, 0) is 18.8 Å². The van der Waals surface area contributed by atoms with E-state index in [1.807, 2.05) is 18.2 Å². The van der Waals surface area contributed by atoms with Crippen molar-refractivity contribution < 1.29 is 26.4 Å². The van der Waals surface area contributed by atoms with Gasteiger partial charge in [-0.2, -0.15) is 8.78 Å². The van der Waals surface area contributed by atoms with Crippen molar-refractivity contribution in [2.45, 2.75) is 23.6 Å². The van der Waals surface area contributed by atoms with Crippen molar-refractivity contribution in [3.8, 4) is 0 Å². The molecule has 1 aliphatic carbocycles. The molecule has 0 unspecified atom stereocenters. The fraction of sp³-hybridized carbons (Fsp3) is 0.333. The third-order valence-corrected chi connectivity index (χ3v) is 7.18. The van der Waals surface area contributed by atoms with Gasteiger partial charge in [0.1, 0.15) is 12.3 Å².